The number of halogens is 1. The minimum Gasteiger partial charge on any atom is -0.446 e. The SMILES string of the molecule is O=C(Nc1ccc(F)cc1)O[C@@H]1C[C@H]2C[C@@H]1[C@H]1CCCCN1[C@H]2Cc1ccccc1. The summed E-state index contributed by atoms with van der Waals surface area (Å²) in [6, 6.07) is 17.6. The largest absolute Gasteiger partial charge is 0.446 e. The molecule has 0 unspecified atom stereocenters. The van der Waals surface area contributed by atoms with Crippen LogP contribution in [0.5, 0.6) is 0 Å². The number of carbonyl (C=O) groups excluding carboxylic acids is 1. The van der Waals surface area contributed by atoms with E-state index in [-0.39, 0.29) is 11.9 Å². The third kappa shape index (κ3) is 3.95. The molecule has 5 atom stereocenters. The van der Waals surface area contributed by atoms with Crippen LogP contribution in [0, 0.1) is 17.7 Å². The van der Waals surface area contributed by atoms with Crippen LogP contribution in [0.1, 0.15) is 37.7 Å². The highest BCUT2D eigenvalue weighted by Crippen LogP contribution is 2.49. The first-order valence-corrected chi connectivity index (χ1v) is 11.2. The third-order valence-electron chi connectivity index (χ3n) is 7.28. The van der Waals surface area contributed by atoms with E-state index in [1.165, 1.54) is 37.0 Å². The number of nitrogens with zero attached hydrogens (tertiary/aromatic N) is 1. The summed E-state index contributed by atoms with van der Waals surface area (Å²) in [5.74, 6) is 0.662. The lowest BCUT2D eigenvalue weighted by Gasteiger charge is -2.49. The maximum atomic E-state index is 13.1. The van der Waals surface area contributed by atoms with Gasteiger partial charge in [-0.2, -0.15) is 0 Å². The molecule has 0 aromatic heterocycles. The second-order valence-electron chi connectivity index (χ2n) is 9.03. The molecule has 1 saturated carbocycles. The number of fused-ring (bicyclic) bond motifs is 4. The Bertz CT molecular complexity index is 872. The zero-order valence-corrected chi connectivity index (χ0v) is 17.2. The molecule has 0 spiro atoms. The van der Waals surface area contributed by atoms with E-state index >= 15 is 0 Å². The molecule has 4 nitrogen and oxygen atoms in total. The lowest BCUT2D eigenvalue weighted by molar-refractivity contribution is -0.0144. The molecule has 2 heterocycles. The number of carbonyl (C=O) groups is 1. The fourth-order valence-corrected chi connectivity index (χ4v) is 6.00. The summed E-state index contributed by atoms with van der Waals surface area (Å²) in [5.41, 5.74) is 1.95. The molecule has 3 aliphatic rings. The monoisotopic (exact) mass is 408 g/mol. The van der Waals surface area contributed by atoms with Crippen molar-refractivity contribution in [2.24, 2.45) is 11.8 Å². The fourth-order valence-electron chi connectivity index (χ4n) is 6.00. The van der Waals surface area contributed by atoms with E-state index in [0.29, 0.717) is 29.6 Å². The normalized spacial score (nSPS) is 30.5. The van der Waals surface area contributed by atoms with Crippen LogP contribution in [0.15, 0.2) is 54.6 Å². The molecule has 5 rings (SSSR count). The number of benzene rings is 2. The van der Waals surface area contributed by atoms with Crippen LogP contribution in [-0.4, -0.2) is 35.7 Å². The molecule has 158 valence electrons. The number of piperidine rings is 2. The minimum absolute atomic E-state index is 0.0400. The topological polar surface area (TPSA) is 41.6 Å². The molecule has 30 heavy (non-hydrogen) atoms. The molecule has 2 aromatic rings. The predicted octanol–water partition coefficient (Wildman–Crippen LogP) is 5.25. The molecule has 2 saturated heterocycles. The van der Waals surface area contributed by atoms with E-state index in [0.717, 1.165) is 25.8 Å². The van der Waals surface area contributed by atoms with Crippen molar-refractivity contribution in [3.05, 3.63) is 66.0 Å². The summed E-state index contributed by atoms with van der Waals surface area (Å²) < 4.78 is 19.0. The van der Waals surface area contributed by atoms with Crippen molar-refractivity contribution in [3.63, 3.8) is 0 Å². The maximum Gasteiger partial charge on any atom is 0.411 e. The quantitative estimate of drug-likeness (QED) is 0.751. The Balaban J connectivity index is 1.29. The van der Waals surface area contributed by atoms with Crippen LogP contribution in [0.4, 0.5) is 14.9 Å². The second-order valence-corrected chi connectivity index (χ2v) is 9.03. The summed E-state index contributed by atoms with van der Waals surface area (Å²) >= 11 is 0. The number of rotatable bonds is 4. The van der Waals surface area contributed by atoms with Gasteiger partial charge in [-0.1, -0.05) is 36.8 Å². The van der Waals surface area contributed by atoms with E-state index in [4.69, 9.17) is 4.74 Å². The third-order valence-corrected chi connectivity index (χ3v) is 7.28. The lowest BCUT2D eigenvalue weighted by atomic mass is 9.79. The molecule has 0 radical (unpaired) electrons. The Kier molecular flexibility index (Phi) is 5.47. The van der Waals surface area contributed by atoms with E-state index < -0.39 is 6.09 Å². The first-order chi connectivity index (χ1) is 14.7. The summed E-state index contributed by atoms with van der Waals surface area (Å²) in [4.78, 5) is 15.3. The van der Waals surface area contributed by atoms with Crippen LogP contribution in [0.2, 0.25) is 0 Å². The molecule has 5 heteroatoms. The standard InChI is InChI=1S/C25H29FN2O2/c26-19-9-11-20(12-10-19)27-25(29)30-24-16-18-15-21(24)22-8-4-5-13-28(22)23(18)14-17-6-2-1-3-7-17/h1-3,6-7,9-12,18,21-24H,4-5,8,13-16H2,(H,27,29)/t18-,21-,22-,23+,24-/m1/s1. The average Bonchev–Trinajstić information content (AvgIpc) is 3.13. The number of hydrogen-bond donors (Lipinski definition) is 1. The molecule has 2 aliphatic heterocycles. The first-order valence-electron chi connectivity index (χ1n) is 11.2. The smallest absolute Gasteiger partial charge is 0.411 e. The van der Waals surface area contributed by atoms with Crippen molar-refractivity contribution in [3.8, 4) is 0 Å². The Labute approximate surface area is 177 Å². The Morgan fingerprint density at radius 1 is 1.07 bits per heavy atom. The van der Waals surface area contributed by atoms with Crippen molar-refractivity contribution in [2.75, 3.05) is 11.9 Å². The van der Waals surface area contributed by atoms with Gasteiger partial charge in [-0.15, -0.1) is 0 Å². The van der Waals surface area contributed by atoms with Gasteiger partial charge in [0.25, 0.3) is 0 Å². The van der Waals surface area contributed by atoms with Crippen LogP contribution in [0.3, 0.4) is 0 Å². The first kappa shape index (κ1) is 19.6. The molecule has 1 amide bonds. The van der Waals surface area contributed by atoms with Gasteiger partial charge in [0.2, 0.25) is 0 Å². The fraction of sp³-hybridized carbons (Fsp3) is 0.480. The second kappa shape index (κ2) is 8.38. The van der Waals surface area contributed by atoms with Gasteiger partial charge >= 0.3 is 6.09 Å². The van der Waals surface area contributed by atoms with Crippen molar-refractivity contribution < 1.29 is 13.9 Å². The molecule has 2 bridgehead atoms. The Morgan fingerprint density at radius 3 is 2.67 bits per heavy atom. The number of amides is 1. The van der Waals surface area contributed by atoms with Crippen LogP contribution in [0.25, 0.3) is 0 Å². The van der Waals surface area contributed by atoms with Crippen molar-refractivity contribution in [1.82, 2.24) is 4.90 Å². The van der Waals surface area contributed by atoms with Gasteiger partial charge in [0.05, 0.1) is 0 Å². The van der Waals surface area contributed by atoms with Gasteiger partial charge in [0.15, 0.2) is 0 Å². The minimum atomic E-state index is -0.430. The molecular formula is C25H29FN2O2. The van der Waals surface area contributed by atoms with E-state index in [9.17, 15) is 9.18 Å². The molecule has 1 aliphatic carbocycles. The van der Waals surface area contributed by atoms with Crippen molar-refractivity contribution in [1.29, 1.82) is 0 Å². The number of anilines is 1. The molecule has 3 fully saturated rings. The van der Waals surface area contributed by atoms with Crippen molar-refractivity contribution in [2.45, 2.75) is 56.7 Å². The molecule has 2 aromatic carbocycles. The zero-order chi connectivity index (χ0) is 20.5. The molecule has 1 N–H and O–H groups in total. The van der Waals surface area contributed by atoms with Crippen LogP contribution >= 0.6 is 0 Å². The Hall–Kier alpha value is -2.40. The zero-order valence-electron chi connectivity index (χ0n) is 17.2. The van der Waals surface area contributed by atoms with Crippen LogP contribution in [-0.2, 0) is 11.2 Å². The van der Waals surface area contributed by atoms with Gasteiger partial charge in [0.1, 0.15) is 11.9 Å². The van der Waals surface area contributed by atoms with E-state index in [1.54, 1.807) is 12.1 Å². The highest BCUT2D eigenvalue weighted by atomic mass is 19.1. The summed E-state index contributed by atoms with van der Waals surface area (Å²) in [7, 11) is 0. The van der Waals surface area contributed by atoms with Gasteiger partial charge < -0.3 is 4.74 Å². The maximum absolute atomic E-state index is 13.1. The van der Waals surface area contributed by atoms with Crippen LogP contribution < -0.4 is 5.32 Å². The van der Waals surface area contributed by atoms with Gasteiger partial charge in [0, 0.05) is 23.7 Å². The number of nitrogens with one attached hydrogen (secondary N) is 1. The Morgan fingerprint density at radius 2 is 1.87 bits per heavy atom. The average molecular weight is 409 g/mol. The van der Waals surface area contributed by atoms with Gasteiger partial charge in [-0.25, -0.2) is 9.18 Å². The van der Waals surface area contributed by atoms with Gasteiger partial charge in [-0.05, 0) is 74.4 Å². The highest BCUT2D eigenvalue weighted by Gasteiger charge is 2.52. The number of ether oxygens (including phenoxy) is 1. The predicted molar refractivity (Wildman–Crippen MR) is 115 cm³/mol. The van der Waals surface area contributed by atoms with Crippen molar-refractivity contribution >= 4 is 11.8 Å². The summed E-state index contributed by atoms with van der Waals surface area (Å²) in [6.07, 6.45) is 6.40. The van der Waals surface area contributed by atoms with E-state index in [2.05, 4.69) is 40.5 Å². The van der Waals surface area contributed by atoms with Gasteiger partial charge in [-0.3, -0.25) is 10.2 Å². The highest BCUT2D eigenvalue weighted by molar-refractivity contribution is 5.84. The number of hydrogen-bond acceptors (Lipinski definition) is 3. The summed E-state index contributed by atoms with van der Waals surface area (Å²) in [5, 5.41) is 2.76. The van der Waals surface area contributed by atoms with E-state index in [1.807, 2.05) is 0 Å². The lowest BCUT2D eigenvalue weighted by Crippen LogP contribution is -2.55. The summed E-state index contributed by atoms with van der Waals surface area (Å²) in [6.45, 7) is 1.16. The molecular weight excluding hydrogens is 379 g/mol.